The second-order valence-corrected chi connectivity index (χ2v) is 12.2. The van der Waals surface area contributed by atoms with Crippen molar-refractivity contribution in [3.05, 3.63) is 169 Å². The van der Waals surface area contributed by atoms with Crippen LogP contribution in [-0.2, 0) is 0 Å². The van der Waals surface area contributed by atoms with Crippen molar-refractivity contribution in [2.24, 2.45) is 0 Å². The third-order valence-corrected chi connectivity index (χ3v) is 9.31. The molecule has 3 heterocycles. The van der Waals surface area contributed by atoms with E-state index in [1.807, 2.05) is 6.20 Å². The van der Waals surface area contributed by atoms with E-state index in [9.17, 15) is 0 Å². The predicted molar refractivity (Wildman–Crippen MR) is 194 cm³/mol. The van der Waals surface area contributed by atoms with Gasteiger partial charge in [-0.2, -0.15) is 0 Å². The molecule has 0 bridgehead atoms. The number of aryl methyl sites for hydroxylation is 1. The quantitative estimate of drug-likeness (QED) is 0.221. The molecule has 218 valence electrons. The average molecular weight is 590 g/mol. The topological polar surface area (TPSA) is 29.9 Å². The highest BCUT2D eigenvalue weighted by Crippen LogP contribution is 2.40. The van der Waals surface area contributed by atoms with Crippen molar-refractivity contribution >= 4 is 54.5 Å². The molecule has 0 amide bonds. The highest BCUT2D eigenvalue weighted by molar-refractivity contribution is 6.19. The van der Waals surface area contributed by atoms with Crippen molar-refractivity contribution in [2.75, 3.05) is 6.54 Å². The van der Waals surface area contributed by atoms with Gasteiger partial charge in [-0.15, -0.1) is 0 Å². The maximum absolute atomic E-state index is 4.69. The Morgan fingerprint density at radius 1 is 0.630 bits per heavy atom. The number of para-hydroxylation sites is 1. The van der Waals surface area contributed by atoms with Gasteiger partial charge in [-0.25, -0.2) is 0 Å². The van der Waals surface area contributed by atoms with Crippen LogP contribution in [0.1, 0.15) is 16.8 Å². The second kappa shape index (κ2) is 10.6. The van der Waals surface area contributed by atoms with Gasteiger partial charge in [-0.1, -0.05) is 103 Å². The normalized spacial score (nSPS) is 13.2. The van der Waals surface area contributed by atoms with Crippen molar-refractivity contribution in [2.45, 2.75) is 6.92 Å². The van der Waals surface area contributed by atoms with Gasteiger partial charge in [-0.3, -0.25) is 4.98 Å². The summed E-state index contributed by atoms with van der Waals surface area (Å²) < 4.78 is 2.44. The number of dihydropyridines is 1. The average Bonchev–Trinajstić information content (AvgIpc) is 3.46. The summed E-state index contributed by atoms with van der Waals surface area (Å²) in [6.45, 7) is 2.84. The van der Waals surface area contributed by atoms with Crippen molar-refractivity contribution < 1.29 is 0 Å². The lowest BCUT2D eigenvalue weighted by Gasteiger charge is -2.16. The minimum Gasteiger partial charge on any atom is -0.386 e. The van der Waals surface area contributed by atoms with E-state index in [1.54, 1.807) is 0 Å². The molecule has 0 atom stereocenters. The van der Waals surface area contributed by atoms with Crippen LogP contribution in [0, 0.1) is 6.92 Å². The molecule has 0 fully saturated rings. The summed E-state index contributed by atoms with van der Waals surface area (Å²) in [5, 5.41) is 11.0. The first-order valence-corrected chi connectivity index (χ1v) is 15.8. The molecule has 0 spiro atoms. The van der Waals surface area contributed by atoms with E-state index in [4.69, 9.17) is 4.98 Å². The summed E-state index contributed by atoms with van der Waals surface area (Å²) in [6, 6.07) is 48.6. The summed E-state index contributed by atoms with van der Waals surface area (Å²) in [6.07, 6.45) is 6.33. The van der Waals surface area contributed by atoms with Gasteiger partial charge in [0.2, 0.25) is 0 Å². The summed E-state index contributed by atoms with van der Waals surface area (Å²) in [4.78, 5) is 4.69. The van der Waals surface area contributed by atoms with Crippen LogP contribution in [0.4, 0.5) is 0 Å². The highest BCUT2D eigenvalue weighted by atomic mass is 15.0. The molecular formula is C43H31N3. The number of hydrogen-bond acceptors (Lipinski definition) is 2. The first-order chi connectivity index (χ1) is 22.7. The Balaban J connectivity index is 1.24. The minimum absolute atomic E-state index is 0.763. The molecule has 9 rings (SSSR count). The number of fused-ring (bicyclic) bond motifs is 6. The minimum atomic E-state index is 0.763. The molecule has 3 nitrogen and oxygen atoms in total. The van der Waals surface area contributed by atoms with Crippen LogP contribution in [0.3, 0.4) is 0 Å². The number of rotatable bonds is 4. The van der Waals surface area contributed by atoms with Gasteiger partial charge in [0.25, 0.3) is 0 Å². The van der Waals surface area contributed by atoms with E-state index in [1.165, 1.54) is 71.2 Å². The van der Waals surface area contributed by atoms with Crippen LogP contribution in [0.2, 0.25) is 0 Å². The fourth-order valence-electron chi connectivity index (χ4n) is 7.05. The lowest BCUT2D eigenvalue weighted by molar-refractivity contribution is 0.981. The first-order valence-electron chi connectivity index (χ1n) is 15.8. The smallest absolute Gasteiger partial charge is 0.0679 e. The molecule has 0 aliphatic carbocycles. The molecule has 8 aromatic rings. The van der Waals surface area contributed by atoms with Gasteiger partial charge >= 0.3 is 0 Å². The molecule has 1 N–H and O–H groups in total. The second-order valence-electron chi connectivity index (χ2n) is 12.2. The zero-order chi connectivity index (χ0) is 30.6. The Kier molecular flexibility index (Phi) is 6.10. The predicted octanol–water partition coefficient (Wildman–Crippen LogP) is 10.5. The SMILES string of the molecule is Cc1ccc(C2=CC(c3ccc4c5ccc6cc(-c7cccc8ccccc78)ccc6c5n(-c5ccccc5)c4c3)=CNC2)nc1. The molecule has 1 aliphatic rings. The Labute approximate surface area is 267 Å². The molecule has 1 aliphatic heterocycles. The van der Waals surface area contributed by atoms with Gasteiger partial charge in [0.1, 0.15) is 0 Å². The fraction of sp³-hybridized carbons (Fsp3) is 0.0465. The summed E-state index contributed by atoms with van der Waals surface area (Å²) in [5.74, 6) is 0. The maximum atomic E-state index is 4.69. The van der Waals surface area contributed by atoms with Gasteiger partial charge in [0.05, 0.1) is 16.7 Å². The molecule has 3 heteroatoms. The number of nitrogens with one attached hydrogen (secondary N) is 1. The monoisotopic (exact) mass is 589 g/mol. The van der Waals surface area contributed by atoms with Gasteiger partial charge in [-0.05, 0) is 92.9 Å². The van der Waals surface area contributed by atoms with Crippen LogP contribution >= 0.6 is 0 Å². The largest absolute Gasteiger partial charge is 0.386 e. The first kappa shape index (κ1) is 26.5. The van der Waals surface area contributed by atoms with Crippen molar-refractivity contribution in [3.8, 4) is 16.8 Å². The van der Waals surface area contributed by atoms with Crippen molar-refractivity contribution in [1.29, 1.82) is 0 Å². The summed E-state index contributed by atoms with van der Waals surface area (Å²) in [7, 11) is 0. The van der Waals surface area contributed by atoms with Crippen LogP contribution in [0.5, 0.6) is 0 Å². The van der Waals surface area contributed by atoms with E-state index >= 15 is 0 Å². The number of aromatic nitrogens is 2. The third kappa shape index (κ3) is 4.32. The van der Waals surface area contributed by atoms with Gasteiger partial charge < -0.3 is 9.88 Å². The van der Waals surface area contributed by atoms with Crippen LogP contribution in [0.15, 0.2) is 152 Å². The Morgan fingerprint density at radius 2 is 1.43 bits per heavy atom. The lowest BCUT2D eigenvalue weighted by Crippen LogP contribution is -2.14. The van der Waals surface area contributed by atoms with E-state index in [0.29, 0.717) is 0 Å². The molecular weight excluding hydrogens is 558 g/mol. The van der Waals surface area contributed by atoms with Crippen LogP contribution < -0.4 is 5.32 Å². The van der Waals surface area contributed by atoms with Gasteiger partial charge in [0, 0.05) is 40.8 Å². The molecule has 0 radical (unpaired) electrons. The molecule has 6 aromatic carbocycles. The van der Waals surface area contributed by atoms with Crippen LogP contribution in [0.25, 0.3) is 71.3 Å². The zero-order valence-corrected chi connectivity index (χ0v) is 25.5. The summed E-state index contributed by atoms with van der Waals surface area (Å²) >= 11 is 0. The highest BCUT2D eigenvalue weighted by Gasteiger charge is 2.18. The van der Waals surface area contributed by atoms with E-state index in [2.05, 4.69) is 163 Å². The van der Waals surface area contributed by atoms with Crippen molar-refractivity contribution in [3.63, 3.8) is 0 Å². The number of nitrogens with zero attached hydrogens (tertiary/aromatic N) is 2. The summed E-state index contributed by atoms with van der Waals surface area (Å²) in [5.41, 5.74) is 11.8. The molecule has 0 saturated carbocycles. The number of hydrogen-bond donors (Lipinski definition) is 1. The van der Waals surface area contributed by atoms with E-state index in [0.717, 1.165) is 23.5 Å². The lowest BCUT2D eigenvalue weighted by atomic mass is 9.95. The number of pyridine rings is 1. The fourth-order valence-corrected chi connectivity index (χ4v) is 7.05. The molecule has 2 aromatic heterocycles. The zero-order valence-electron chi connectivity index (χ0n) is 25.5. The van der Waals surface area contributed by atoms with E-state index in [-0.39, 0.29) is 0 Å². The van der Waals surface area contributed by atoms with Gasteiger partial charge in [0.15, 0.2) is 0 Å². The molecule has 0 saturated heterocycles. The third-order valence-electron chi connectivity index (χ3n) is 9.31. The maximum Gasteiger partial charge on any atom is 0.0679 e. The molecule has 46 heavy (non-hydrogen) atoms. The van der Waals surface area contributed by atoms with E-state index < -0.39 is 0 Å². The molecule has 0 unspecified atom stereocenters. The number of allylic oxidation sites excluding steroid dienone is 2. The van der Waals surface area contributed by atoms with Crippen molar-refractivity contribution in [1.82, 2.24) is 14.9 Å². The Hall–Kier alpha value is -5.93. The Morgan fingerprint density at radius 3 is 2.33 bits per heavy atom. The van der Waals surface area contributed by atoms with Crippen LogP contribution in [-0.4, -0.2) is 16.1 Å². The number of benzene rings is 6. The Bertz CT molecular complexity index is 2510. The standard InChI is InChI=1S/C43H31N3/c1-28-14-21-41(45-25-28)34-23-33(26-44-27-34)30-15-19-39-40-20-17-32-22-31(37-13-7-9-29-8-5-6-12-36(29)37)16-18-38(32)43(40)46(42(39)24-30)35-10-3-2-4-11-35/h2-26,44H,27H2,1H3.